The van der Waals surface area contributed by atoms with Crippen LogP contribution in [0.2, 0.25) is 0 Å². The highest BCUT2D eigenvalue weighted by Gasteiger charge is 2.30. The fraction of sp³-hybridized carbons (Fsp3) is 0.500. The average Bonchev–Trinajstić information content (AvgIpc) is 3.04. The van der Waals surface area contributed by atoms with Crippen LogP contribution in [0.3, 0.4) is 0 Å². The number of nitrogens with zero attached hydrogens (tertiary/aromatic N) is 3. The molecule has 0 radical (unpaired) electrons. The first kappa shape index (κ1) is 14.8. The van der Waals surface area contributed by atoms with Gasteiger partial charge in [-0.2, -0.15) is 10.5 Å². The van der Waals surface area contributed by atoms with E-state index in [1.165, 1.54) is 4.57 Å². The van der Waals surface area contributed by atoms with Gasteiger partial charge in [0, 0.05) is 0 Å². The van der Waals surface area contributed by atoms with Crippen LogP contribution >= 0.6 is 11.3 Å². The summed E-state index contributed by atoms with van der Waals surface area (Å²) in [6.07, 6.45) is 0.526. The summed E-state index contributed by atoms with van der Waals surface area (Å²) in [5, 5.41) is 2.95. The van der Waals surface area contributed by atoms with E-state index in [4.69, 9.17) is 16.2 Å². The minimum absolute atomic E-state index is 0.0149. The van der Waals surface area contributed by atoms with Gasteiger partial charge in [-0.15, -0.1) is 0 Å². The summed E-state index contributed by atoms with van der Waals surface area (Å²) in [7, 11) is 0. The van der Waals surface area contributed by atoms with Crippen molar-refractivity contribution in [2.45, 2.75) is 25.2 Å². The molecule has 5 N–H and O–H groups in total. The average molecular weight is 327 g/mol. The third-order valence-corrected chi connectivity index (χ3v) is 4.23. The molecule has 0 unspecified atom stereocenters. The van der Waals surface area contributed by atoms with Gasteiger partial charge in [-0.3, -0.25) is 19.1 Å². The van der Waals surface area contributed by atoms with E-state index in [-0.39, 0.29) is 33.9 Å². The highest BCUT2D eigenvalue weighted by atomic mass is 32.1. The summed E-state index contributed by atoms with van der Waals surface area (Å²) < 4.78 is 7.24. The quantitative estimate of drug-likeness (QED) is 0.446. The number of hydrogen-bond acceptors (Lipinski definition) is 9. The number of hydrogen-bond donors (Lipinski definition) is 4. The maximum Gasteiger partial charge on any atom is 0.311 e. The monoisotopic (exact) mass is 327 g/mol. The van der Waals surface area contributed by atoms with Crippen LogP contribution in [0.1, 0.15) is 19.1 Å². The van der Waals surface area contributed by atoms with Crippen LogP contribution in [-0.2, 0) is 9.57 Å². The Balaban J connectivity index is 2.06. The Bertz CT molecular complexity index is 812. The number of nitrogens with two attached hydrogens (primary N) is 1. The smallest absolute Gasteiger partial charge is 0.311 e. The normalized spacial score (nSPS) is 21.3. The van der Waals surface area contributed by atoms with E-state index in [0.29, 0.717) is 12.8 Å². The molecule has 12 heteroatoms. The molecule has 11 nitrogen and oxygen atoms in total. The highest BCUT2D eigenvalue weighted by Crippen LogP contribution is 2.30. The van der Waals surface area contributed by atoms with Crippen LogP contribution in [-0.4, -0.2) is 27.2 Å². The van der Waals surface area contributed by atoms with Gasteiger partial charge >= 0.3 is 4.87 Å². The second-order valence-electron chi connectivity index (χ2n) is 4.65. The van der Waals surface area contributed by atoms with Gasteiger partial charge in [-0.05, 0) is 12.8 Å². The van der Waals surface area contributed by atoms with Gasteiger partial charge in [0.1, 0.15) is 10.9 Å². The predicted octanol–water partition coefficient (Wildman–Crippen LogP) is 0.0721. The van der Waals surface area contributed by atoms with Crippen molar-refractivity contribution < 1.29 is 9.57 Å². The van der Waals surface area contributed by atoms with E-state index in [9.17, 15) is 9.59 Å². The molecule has 1 aliphatic heterocycles. The van der Waals surface area contributed by atoms with Crippen LogP contribution in [0.15, 0.2) is 14.8 Å². The van der Waals surface area contributed by atoms with Crippen molar-refractivity contribution >= 4 is 27.6 Å². The van der Waals surface area contributed by atoms with E-state index in [1.54, 1.807) is 0 Å². The van der Waals surface area contributed by atoms with Gasteiger partial charge in [0.2, 0.25) is 5.95 Å². The number of aromatic nitrogens is 3. The van der Waals surface area contributed by atoms with Gasteiger partial charge in [0.05, 0.1) is 12.7 Å². The number of aromatic amines is 1. The maximum absolute atomic E-state index is 12.2. The summed E-state index contributed by atoms with van der Waals surface area (Å²) in [5.74, 6) is 5.01. The molecule has 0 saturated carbocycles. The summed E-state index contributed by atoms with van der Waals surface area (Å²) in [6, 6.07) is 0. The molecule has 2 atom stereocenters. The Morgan fingerprint density at radius 2 is 2.41 bits per heavy atom. The van der Waals surface area contributed by atoms with Crippen molar-refractivity contribution in [3.8, 4) is 0 Å². The van der Waals surface area contributed by atoms with Crippen LogP contribution in [0.4, 0.5) is 5.95 Å². The molecule has 3 heterocycles. The zero-order valence-corrected chi connectivity index (χ0v) is 12.1. The number of fused-ring (bicyclic) bond motifs is 1. The minimum Gasteiger partial charge on any atom is -0.352 e. The first-order valence-electron chi connectivity index (χ1n) is 6.39. The summed E-state index contributed by atoms with van der Waals surface area (Å²) in [6.45, 7) is 0.228. The van der Waals surface area contributed by atoms with Crippen LogP contribution in [0.5, 0.6) is 0 Å². The first-order chi connectivity index (χ1) is 10.6. The number of thiazole rings is 1. The highest BCUT2D eigenvalue weighted by molar-refractivity contribution is 7.16. The molecule has 118 valence electrons. The number of anilines is 1. The molecule has 2 aromatic rings. The van der Waals surface area contributed by atoms with Crippen molar-refractivity contribution in [2.75, 3.05) is 12.0 Å². The number of H-pyrrole nitrogens is 1. The van der Waals surface area contributed by atoms with Crippen LogP contribution < -0.4 is 21.8 Å². The zero-order chi connectivity index (χ0) is 15.7. The van der Waals surface area contributed by atoms with Gasteiger partial charge in [0.15, 0.2) is 5.65 Å². The van der Waals surface area contributed by atoms with Crippen molar-refractivity contribution in [3.05, 3.63) is 20.0 Å². The van der Waals surface area contributed by atoms with Crippen molar-refractivity contribution in [1.82, 2.24) is 14.5 Å². The SMILES string of the molecule is N=NNc1nc2c(sc(=O)n2[C@H]2CC[C@@H](CON)O2)c(=O)[nH]1. The number of rotatable bonds is 5. The Morgan fingerprint density at radius 3 is 3.14 bits per heavy atom. The fourth-order valence-electron chi connectivity index (χ4n) is 2.40. The first-order valence-corrected chi connectivity index (χ1v) is 7.20. The second-order valence-corrected chi connectivity index (χ2v) is 5.61. The van der Waals surface area contributed by atoms with E-state index >= 15 is 0 Å². The minimum atomic E-state index is -0.531. The molecule has 1 aliphatic rings. The van der Waals surface area contributed by atoms with E-state index in [0.717, 1.165) is 11.3 Å². The van der Waals surface area contributed by atoms with Crippen molar-refractivity contribution in [2.24, 2.45) is 11.1 Å². The molecular weight excluding hydrogens is 314 g/mol. The Hall–Kier alpha value is -2.15. The van der Waals surface area contributed by atoms with Crippen LogP contribution in [0, 0.1) is 5.53 Å². The summed E-state index contributed by atoms with van der Waals surface area (Å²) >= 11 is 0.794. The Labute approximate surface area is 126 Å². The van der Waals surface area contributed by atoms with E-state index < -0.39 is 11.8 Å². The van der Waals surface area contributed by atoms with Gasteiger partial charge < -0.3 is 9.57 Å². The molecule has 1 saturated heterocycles. The third kappa shape index (κ3) is 2.52. The lowest BCUT2D eigenvalue weighted by Crippen LogP contribution is -2.23. The number of ether oxygens (including phenoxy) is 1. The summed E-state index contributed by atoms with van der Waals surface area (Å²) in [5.41, 5.74) is 8.71. The molecule has 1 fully saturated rings. The van der Waals surface area contributed by atoms with Crippen molar-refractivity contribution in [3.63, 3.8) is 0 Å². The predicted molar refractivity (Wildman–Crippen MR) is 76.6 cm³/mol. The van der Waals surface area contributed by atoms with Crippen molar-refractivity contribution in [1.29, 1.82) is 5.53 Å². The largest absolute Gasteiger partial charge is 0.352 e. The molecule has 3 rings (SSSR count). The topological polar surface area (TPSA) is 160 Å². The lowest BCUT2D eigenvalue weighted by atomic mass is 10.2. The molecular formula is C10H13N7O4S. The molecule has 22 heavy (non-hydrogen) atoms. The maximum atomic E-state index is 12.2. The Kier molecular flexibility index (Phi) is 3.98. The molecule has 0 amide bonds. The fourth-order valence-corrected chi connectivity index (χ4v) is 3.25. The lowest BCUT2D eigenvalue weighted by molar-refractivity contribution is -0.0409. The Morgan fingerprint density at radius 1 is 1.59 bits per heavy atom. The lowest BCUT2D eigenvalue weighted by Gasteiger charge is -2.14. The van der Waals surface area contributed by atoms with Crippen LogP contribution in [0.25, 0.3) is 10.3 Å². The molecule has 2 aromatic heterocycles. The molecule has 0 bridgehead atoms. The van der Waals surface area contributed by atoms with E-state index in [2.05, 4.69) is 25.5 Å². The van der Waals surface area contributed by atoms with Gasteiger partial charge in [-0.1, -0.05) is 16.6 Å². The third-order valence-electron chi connectivity index (χ3n) is 3.29. The summed E-state index contributed by atoms with van der Waals surface area (Å²) in [4.78, 5) is 34.9. The van der Waals surface area contributed by atoms with E-state index in [1.807, 2.05) is 0 Å². The van der Waals surface area contributed by atoms with Gasteiger partial charge in [0.25, 0.3) is 5.56 Å². The standard InChI is InChI=1S/C10H13N7O4S/c11-16-15-9-13-7-6(8(18)14-9)22-10(19)17(7)5-2-1-4(21-5)3-20-12/h4-5H,1-3,12H2,(H3,11,13,14,15,18)/t4-,5+/m0/s1. The number of nitrogens with one attached hydrogen (secondary N) is 3. The molecule has 0 spiro atoms. The molecule has 0 aromatic carbocycles. The second kappa shape index (κ2) is 5.92. The molecule has 0 aliphatic carbocycles. The van der Waals surface area contributed by atoms with Gasteiger partial charge in [-0.25, -0.2) is 11.3 Å². The zero-order valence-electron chi connectivity index (χ0n) is 11.2.